The van der Waals surface area contributed by atoms with E-state index < -0.39 is 17.7 Å². The van der Waals surface area contributed by atoms with Gasteiger partial charge in [-0.15, -0.1) is 0 Å². The number of anilines is 1. The fraction of sp³-hybridized carbons (Fsp3) is 0.346. The van der Waals surface area contributed by atoms with Crippen LogP contribution < -0.4 is 15.0 Å². The van der Waals surface area contributed by atoms with Crippen molar-refractivity contribution in [1.29, 1.82) is 0 Å². The topological polar surface area (TPSA) is 79.0 Å². The third-order valence-corrected chi connectivity index (χ3v) is 6.93. The summed E-state index contributed by atoms with van der Waals surface area (Å²) in [6.45, 7) is 9.31. The van der Waals surface area contributed by atoms with Crippen molar-refractivity contribution in [1.82, 2.24) is 25.5 Å². The average Bonchev–Trinajstić information content (AvgIpc) is 3.19. The second-order valence-electron chi connectivity index (χ2n) is 9.92. The lowest BCUT2D eigenvalue weighted by Gasteiger charge is -2.50. The van der Waals surface area contributed by atoms with Crippen LogP contribution in [0, 0.1) is 11.6 Å². The first-order valence-electron chi connectivity index (χ1n) is 11.9. The number of fused-ring (bicyclic) bond motifs is 1. The summed E-state index contributed by atoms with van der Waals surface area (Å²) in [5.41, 5.74) is 1.75. The van der Waals surface area contributed by atoms with Crippen LogP contribution in [0.5, 0.6) is 5.75 Å². The molecule has 1 aliphatic rings. The van der Waals surface area contributed by atoms with Gasteiger partial charge in [-0.25, -0.2) is 13.8 Å². The number of ether oxygens (including phenoxy) is 1. The molecular formula is C26H26Cl2F2N6O. The summed E-state index contributed by atoms with van der Waals surface area (Å²) >= 11 is 12.5. The maximum absolute atomic E-state index is 15.1. The normalized spacial score (nSPS) is 15.8. The maximum Gasteiger partial charge on any atom is 0.167 e. The second kappa shape index (κ2) is 9.70. The van der Waals surface area contributed by atoms with Gasteiger partial charge in [0.1, 0.15) is 11.8 Å². The minimum atomic E-state index is -0.656. The highest BCUT2D eigenvalue weighted by molar-refractivity contribution is 6.35. The average molecular weight is 547 g/mol. The van der Waals surface area contributed by atoms with Gasteiger partial charge in [0.15, 0.2) is 23.2 Å². The van der Waals surface area contributed by atoms with E-state index in [-0.39, 0.29) is 11.3 Å². The van der Waals surface area contributed by atoms with Crippen LogP contribution in [0.15, 0.2) is 36.8 Å². The van der Waals surface area contributed by atoms with E-state index in [0.717, 1.165) is 0 Å². The van der Waals surface area contributed by atoms with Gasteiger partial charge in [0.2, 0.25) is 0 Å². The van der Waals surface area contributed by atoms with E-state index in [1.54, 1.807) is 13.1 Å². The molecule has 3 aromatic heterocycles. The van der Waals surface area contributed by atoms with Crippen molar-refractivity contribution in [3.8, 4) is 17.0 Å². The van der Waals surface area contributed by atoms with Crippen molar-refractivity contribution >= 4 is 39.9 Å². The molecule has 2 N–H and O–H groups in total. The molecule has 0 aliphatic carbocycles. The van der Waals surface area contributed by atoms with Gasteiger partial charge in [0.05, 0.1) is 21.1 Å². The maximum atomic E-state index is 15.1. The third kappa shape index (κ3) is 4.95. The molecule has 0 saturated carbocycles. The number of nitrogens with one attached hydrogen (secondary N) is 2. The Kier molecular flexibility index (Phi) is 6.72. The Hall–Kier alpha value is -3.01. The molecular weight excluding hydrogens is 521 g/mol. The molecule has 0 bridgehead atoms. The van der Waals surface area contributed by atoms with Gasteiger partial charge >= 0.3 is 0 Å². The highest BCUT2D eigenvalue weighted by Crippen LogP contribution is 2.37. The summed E-state index contributed by atoms with van der Waals surface area (Å²) in [5.74, 6) is -0.767. The molecule has 1 aromatic carbocycles. The fourth-order valence-corrected chi connectivity index (χ4v) is 5.59. The van der Waals surface area contributed by atoms with Crippen LogP contribution >= 0.6 is 23.2 Å². The van der Waals surface area contributed by atoms with E-state index in [9.17, 15) is 4.39 Å². The van der Waals surface area contributed by atoms with Gasteiger partial charge in [0, 0.05) is 60.3 Å². The van der Waals surface area contributed by atoms with Gasteiger partial charge in [-0.3, -0.25) is 10.1 Å². The lowest BCUT2D eigenvalue weighted by atomic mass is 9.91. The van der Waals surface area contributed by atoms with Crippen molar-refractivity contribution in [2.24, 2.45) is 0 Å². The Morgan fingerprint density at radius 3 is 2.41 bits per heavy atom. The smallest absolute Gasteiger partial charge is 0.167 e. The summed E-state index contributed by atoms with van der Waals surface area (Å²) < 4.78 is 35.9. The number of hydrogen-bond acceptors (Lipinski definition) is 6. The van der Waals surface area contributed by atoms with E-state index >= 15 is 4.39 Å². The number of halogens is 4. The summed E-state index contributed by atoms with van der Waals surface area (Å²) in [5, 5.41) is 11.8. The van der Waals surface area contributed by atoms with Gasteiger partial charge < -0.3 is 15.0 Å². The minimum Gasteiger partial charge on any atom is -0.483 e. The Bertz CT molecular complexity index is 1450. The van der Waals surface area contributed by atoms with Crippen LogP contribution in [0.4, 0.5) is 14.6 Å². The SMILES string of the molecule is CC(C)NC1(C)CN(c2ncc(-c3n[nH]c4cc(F)c(O[C@H](C)c5c(Cl)cncc5Cl)cc34)cc2F)C1. The van der Waals surface area contributed by atoms with Gasteiger partial charge in [-0.2, -0.15) is 5.10 Å². The lowest BCUT2D eigenvalue weighted by molar-refractivity contribution is 0.217. The molecule has 1 fully saturated rings. The van der Waals surface area contributed by atoms with Crippen molar-refractivity contribution in [2.75, 3.05) is 18.0 Å². The molecule has 1 aliphatic heterocycles. The van der Waals surface area contributed by atoms with E-state index in [1.807, 2.05) is 4.90 Å². The molecule has 1 saturated heterocycles. The van der Waals surface area contributed by atoms with Crippen LogP contribution in [0.3, 0.4) is 0 Å². The number of nitrogens with zero attached hydrogens (tertiary/aromatic N) is 4. The Morgan fingerprint density at radius 2 is 1.76 bits per heavy atom. The highest BCUT2D eigenvalue weighted by atomic mass is 35.5. The Labute approximate surface area is 223 Å². The predicted octanol–water partition coefficient (Wildman–Crippen LogP) is 6.32. The number of benzene rings is 1. The fourth-order valence-electron chi connectivity index (χ4n) is 4.91. The van der Waals surface area contributed by atoms with Crippen LogP contribution in [0.2, 0.25) is 10.0 Å². The first kappa shape index (κ1) is 25.6. The van der Waals surface area contributed by atoms with Crippen LogP contribution in [0.25, 0.3) is 22.2 Å². The molecule has 4 aromatic rings. The highest BCUT2D eigenvalue weighted by Gasteiger charge is 2.40. The Morgan fingerprint density at radius 1 is 1.05 bits per heavy atom. The van der Waals surface area contributed by atoms with Crippen molar-refractivity contribution in [2.45, 2.75) is 45.4 Å². The van der Waals surface area contributed by atoms with Crippen molar-refractivity contribution in [3.05, 3.63) is 64.0 Å². The molecule has 37 heavy (non-hydrogen) atoms. The molecule has 1 atom stereocenters. The lowest BCUT2D eigenvalue weighted by Crippen LogP contribution is -2.69. The third-order valence-electron chi connectivity index (χ3n) is 6.33. The standard InChI is InChI=1S/C26H26Cl2F2N6O/c1-13(2)33-26(4)11-36(12-26)25-20(30)5-15(8-32-25)24-16-6-22(19(29)7-21(16)34-35-24)37-14(3)23-17(27)9-31-10-18(23)28/h5-10,13-14,33H,11-12H2,1-4H3,(H,34,35)/t14-/m1/s1. The van der Waals surface area contributed by atoms with E-state index in [4.69, 9.17) is 27.9 Å². The molecule has 0 spiro atoms. The zero-order chi connectivity index (χ0) is 26.5. The summed E-state index contributed by atoms with van der Waals surface area (Å²) in [6.07, 6.45) is 3.81. The number of aromatic amines is 1. The van der Waals surface area contributed by atoms with Crippen LogP contribution in [-0.2, 0) is 0 Å². The Balaban J connectivity index is 1.42. The predicted molar refractivity (Wildman–Crippen MR) is 141 cm³/mol. The van der Waals surface area contributed by atoms with Crippen molar-refractivity contribution in [3.63, 3.8) is 0 Å². The quantitative estimate of drug-likeness (QED) is 0.282. The molecule has 194 valence electrons. The number of pyridine rings is 2. The summed E-state index contributed by atoms with van der Waals surface area (Å²) in [6, 6.07) is 4.53. The molecule has 0 amide bonds. The number of aromatic nitrogens is 4. The number of rotatable bonds is 7. The molecule has 7 nitrogen and oxygen atoms in total. The van der Waals surface area contributed by atoms with E-state index in [2.05, 4.69) is 46.3 Å². The monoisotopic (exact) mass is 546 g/mol. The molecule has 4 heterocycles. The minimum absolute atomic E-state index is 0.0193. The first-order valence-corrected chi connectivity index (χ1v) is 12.6. The van der Waals surface area contributed by atoms with Gasteiger partial charge in [-0.05, 0) is 26.0 Å². The second-order valence-corrected chi connectivity index (χ2v) is 10.7. The zero-order valence-electron chi connectivity index (χ0n) is 20.7. The number of H-pyrrole nitrogens is 1. The zero-order valence-corrected chi connectivity index (χ0v) is 22.3. The van der Waals surface area contributed by atoms with E-state index in [1.165, 1.54) is 30.6 Å². The van der Waals surface area contributed by atoms with Gasteiger partial charge in [-0.1, -0.05) is 37.0 Å². The van der Waals surface area contributed by atoms with E-state index in [0.29, 0.717) is 62.7 Å². The van der Waals surface area contributed by atoms with Gasteiger partial charge in [0.25, 0.3) is 0 Å². The molecule has 11 heteroatoms. The number of hydrogen-bond donors (Lipinski definition) is 2. The largest absolute Gasteiger partial charge is 0.483 e. The molecule has 5 rings (SSSR count). The molecule has 0 unspecified atom stereocenters. The first-order chi connectivity index (χ1) is 17.5. The summed E-state index contributed by atoms with van der Waals surface area (Å²) in [4.78, 5) is 10.2. The summed E-state index contributed by atoms with van der Waals surface area (Å²) in [7, 11) is 0. The van der Waals surface area contributed by atoms with Crippen molar-refractivity contribution < 1.29 is 13.5 Å². The van der Waals surface area contributed by atoms with Crippen LogP contribution in [0.1, 0.15) is 39.4 Å². The van der Waals surface area contributed by atoms with Crippen LogP contribution in [-0.4, -0.2) is 44.8 Å². The molecule has 0 radical (unpaired) electrons.